The minimum absolute atomic E-state index is 0.0418. The number of ether oxygens (including phenoxy) is 1. The highest BCUT2D eigenvalue weighted by molar-refractivity contribution is 7.16. The van der Waals surface area contributed by atoms with Crippen LogP contribution in [0.25, 0.3) is 0 Å². The second kappa shape index (κ2) is 5.23. The number of rotatable bonds is 3. The Morgan fingerprint density at radius 3 is 2.54 bits per heavy atom. The molecule has 1 amide bonds. The molecule has 0 heterocycles. The van der Waals surface area contributed by atoms with Crippen LogP contribution in [0.15, 0.2) is 12.7 Å². The van der Waals surface area contributed by atoms with Gasteiger partial charge in [-0.05, 0) is 26.9 Å². The number of nitrogens with one attached hydrogen (secondary N) is 1. The second-order valence-electron chi connectivity index (χ2n) is 3.72. The van der Waals surface area contributed by atoms with Crippen LogP contribution in [-0.2, 0) is 4.74 Å². The maximum Gasteiger partial charge on any atom is 0.408 e. The van der Waals surface area contributed by atoms with Gasteiger partial charge in [-0.3, -0.25) is 0 Å². The summed E-state index contributed by atoms with van der Waals surface area (Å²) < 4.78 is 5.06. The predicted octanol–water partition coefficient (Wildman–Crippen LogP) is 1.94. The molecule has 0 aromatic rings. The predicted molar refractivity (Wildman–Crippen MR) is 57.9 cm³/mol. The summed E-state index contributed by atoms with van der Waals surface area (Å²) in [6, 6.07) is -0.0418. The number of amides is 1. The summed E-state index contributed by atoms with van der Waals surface area (Å²) >= 11 is 0. The molecule has 2 atom stereocenters. The Hall–Kier alpha value is -0.560. The molecule has 0 aromatic heterocycles. The molecular weight excluding hydrogens is 185 g/mol. The number of alkyl carbamates (subject to hydrolysis) is 1. The maximum atomic E-state index is 11.2. The summed E-state index contributed by atoms with van der Waals surface area (Å²) in [5.74, 6) is 0. The van der Waals surface area contributed by atoms with E-state index in [4.69, 9.17) is 4.74 Å². The minimum atomic E-state index is -0.448. The lowest BCUT2D eigenvalue weighted by Gasteiger charge is -2.21. The summed E-state index contributed by atoms with van der Waals surface area (Å²) in [6.45, 7) is 9.09. The molecule has 3 nitrogen and oxygen atoms in total. The van der Waals surface area contributed by atoms with Crippen molar-refractivity contribution < 1.29 is 9.53 Å². The highest BCUT2D eigenvalue weighted by atomic mass is 31.0. The molecule has 0 bridgehead atoms. The Morgan fingerprint density at radius 2 is 2.23 bits per heavy atom. The van der Waals surface area contributed by atoms with Crippen LogP contribution in [0.3, 0.4) is 0 Å². The Morgan fingerprint density at radius 1 is 1.69 bits per heavy atom. The van der Waals surface area contributed by atoms with Crippen molar-refractivity contribution in [1.82, 2.24) is 5.32 Å². The average molecular weight is 203 g/mol. The first kappa shape index (κ1) is 12.4. The van der Waals surface area contributed by atoms with Gasteiger partial charge in [-0.25, -0.2) is 4.79 Å². The van der Waals surface area contributed by atoms with Gasteiger partial charge in [0.05, 0.1) is 6.04 Å². The molecule has 0 aliphatic rings. The molecule has 0 saturated carbocycles. The fourth-order valence-corrected chi connectivity index (χ4v) is 0.983. The number of carbonyl (C=O) groups is 1. The molecule has 0 rings (SSSR count). The first-order valence-corrected chi connectivity index (χ1v) is 5.03. The first-order valence-electron chi connectivity index (χ1n) is 4.21. The van der Waals surface area contributed by atoms with Gasteiger partial charge in [0, 0.05) is 0 Å². The Bertz CT molecular complexity index is 187. The van der Waals surface area contributed by atoms with Crippen LogP contribution in [0.2, 0.25) is 0 Å². The quantitative estimate of drug-likeness (QED) is 0.562. The topological polar surface area (TPSA) is 38.3 Å². The van der Waals surface area contributed by atoms with E-state index in [0.717, 1.165) is 6.16 Å². The first-order chi connectivity index (χ1) is 5.89. The van der Waals surface area contributed by atoms with Crippen LogP contribution in [0.4, 0.5) is 4.79 Å². The molecule has 0 fully saturated rings. The van der Waals surface area contributed by atoms with Gasteiger partial charge in [0.15, 0.2) is 0 Å². The third kappa shape index (κ3) is 6.59. The van der Waals surface area contributed by atoms with E-state index >= 15 is 0 Å². The van der Waals surface area contributed by atoms with E-state index < -0.39 is 11.7 Å². The summed E-state index contributed by atoms with van der Waals surface area (Å²) in [4.78, 5) is 11.2. The zero-order chi connectivity index (χ0) is 10.5. The van der Waals surface area contributed by atoms with E-state index in [0.29, 0.717) is 0 Å². The molecule has 13 heavy (non-hydrogen) atoms. The maximum absolute atomic E-state index is 11.2. The van der Waals surface area contributed by atoms with Crippen LogP contribution in [0.1, 0.15) is 20.8 Å². The molecule has 4 heteroatoms. The molecule has 0 aliphatic carbocycles. The van der Waals surface area contributed by atoms with E-state index in [9.17, 15) is 4.79 Å². The van der Waals surface area contributed by atoms with Crippen molar-refractivity contribution in [2.45, 2.75) is 32.4 Å². The molecule has 0 radical (unpaired) electrons. The van der Waals surface area contributed by atoms with Crippen molar-refractivity contribution in [3.8, 4) is 0 Å². The Labute approximate surface area is 82.1 Å². The highest BCUT2D eigenvalue weighted by Crippen LogP contribution is 2.07. The SMILES string of the molecule is C=CC(CP)NC(=O)OC(C)(C)C. The van der Waals surface area contributed by atoms with Gasteiger partial charge >= 0.3 is 6.09 Å². The van der Waals surface area contributed by atoms with E-state index in [1.54, 1.807) is 6.08 Å². The molecule has 0 spiro atoms. The fraction of sp³-hybridized carbons (Fsp3) is 0.667. The van der Waals surface area contributed by atoms with Gasteiger partial charge in [0.1, 0.15) is 5.60 Å². The monoisotopic (exact) mass is 203 g/mol. The minimum Gasteiger partial charge on any atom is -0.444 e. The Kier molecular flexibility index (Phi) is 5.01. The largest absolute Gasteiger partial charge is 0.444 e. The molecular formula is C9H18NO2P. The third-order valence-electron chi connectivity index (χ3n) is 1.24. The molecule has 0 aromatic carbocycles. The zero-order valence-electron chi connectivity index (χ0n) is 8.46. The van der Waals surface area contributed by atoms with Gasteiger partial charge in [-0.15, -0.1) is 15.8 Å². The van der Waals surface area contributed by atoms with Crippen LogP contribution in [0, 0.1) is 0 Å². The zero-order valence-corrected chi connectivity index (χ0v) is 9.62. The van der Waals surface area contributed by atoms with Gasteiger partial charge in [-0.1, -0.05) is 6.08 Å². The van der Waals surface area contributed by atoms with Crippen molar-refractivity contribution in [3.05, 3.63) is 12.7 Å². The Balaban J connectivity index is 3.93. The molecule has 2 unspecified atom stereocenters. The summed E-state index contributed by atoms with van der Waals surface area (Å²) in [5, 5.41) is 2.67. The van der Waals surface area contributed by atoms with Crippen LogP contribution >= 0.6 is 9.24 Å². The normalized spacial score (nSPS) is 13.2. The van der Waals surface area contributed by atoms with Crippen LogP contribution < -0.4 is 5.32 Å². The highest BCUT2D eigenvalue weighted by Gasteiger charge is 2.17. The fourth-order valence-electron chi connectivity index (χ4n) is 0.673. The lowest BCUT2D eigenvalue weighted by atomic mass is 10.2. The van der Waals surface area contributed by atoms with E-state index in [-0.39, 0.29) is 6.04 Å². The molecule has 0 aliphatic heterocycles. The van der Waals surface area contributed by atoms with Gasteiger partial charge in [0.2, 0.25) is 0 Å². The third-order valence-corrected chi connectivity index (χ3v) is 1.75. The summed E-state index contributed by atoms with van der Waals surface area (Å²) in [6.07, 6.45) is 2.01. The average Bonchev–Trinajstić information content (AvgIpc) is 1.96. The van der Waals surface area contributed by atoms with Crippen molar-refractivity contribution >= 4 is 15.3 Å². The van der Waals surface area contributed by atoms with Gasteiger partial charge in [0.25, 0.3) is 0 Å². The van der Waals surface area contributed by atoms with Crippen LogP contribution in [-0.4, -0.2) is 23.9 Å². The van der Waals surface area contributed by atoms with Crippen molar-refractivity contribution in [3.63, 3.8) is 0 Å². The van der Waals surface area contributed by atoms with E-state index in [2.05, 4.69) is 21.1 Å². The van der Waals surface area contributed by atoms with Crippen LogP contribution in [0.5, 0.6) is 0 Å². The van der Waals surface area contributed by atoms with Crippen molar-refractivity contribution in [2.75, 3.05) is 6.16 Å². The van der Waals surface area contributed by atoms with E-state index in [1.807, 2.05) is 20.8 Å². The summed E-state index contributed by atoms with van der Waals surface area (Å²) in [7, 11) is 2.54. The van der Waals surface area contributed by atoms with Gasteiger partial charge in [-0.2, -0.15) is 0 Å². The summed E-state index contributed by atoms with van der Waals surface area (Å²) in [5.41, 5.74) is -0.448. The lowest BCUT2D eigenvalue weighted by Crippen LogP contribution is -2.38. The van der Waals surface area contributed by atoms with E-state index in [1.165, 1.54) is 0 Å². The van der Waals surface area contributed by atoms with Crippen molar-refractivity contribution in [2.24, 2.45) is 0 Å². The smallest absolute Gasteiger partial charge is 0.408 e. The van der Waals surface area contributed by atoms with Crippen molar-refractivity contribution in [1.29, 1.82) is 0 Å². The molecule has 1 N–H and O–H groups in total. The van der Waals surface area contributed by atoms with Gasteiger partial charge < -0.3 is 10.1 Å². The number of hydrogen-bond donors (Lipinski definition) is 1. The second-order valence-corrected chi connectivity index (χ2v) is 4.20. The number of hydrogen-bond acceptors (Lipinski definition) is 2. The number of carbonyl (C=O) groups excluding carboxylic acids is 1. The standard InChI is InChI=1S/C9H18NO2P/c1-5-7(6-13)10-8(11)12-9(2,3)4/h5,7H,1,6,13H2,2-4H3,(H,10,11). The lowest BCUT2D eigenvalue weighted by molar-refractivity contribution is 0.0519. The molecule has 76 valence electrons. The molecule has 0 saturated heterocycles.